The van der Waals surface area contributed by atoms with E-state index in [1.165, 1.54) is 12.8 Å². The third-order valence-electron chi connectivity index (χ3n) is 3.87. The van der Waals surface area contributed by atoms with E-state index in [4.69, 9.17) is 15.8 Å². The number of hydrogen-bond donors (Lipinski definition) is 1. The molecule has 1 aromatic rings. The summed E-state index contributed by atoms with van der Waals surface area (Å²) in [6.45, 7) is 4.40. The molecule has 2 rings (SSSR count). The first kappa shape index (κ1) is 15.4. The van der Waals surface area contributed by atoms with Crippen molar-refractivity contribution >= 4 is 11.4 Å². The van der Waals surface area contributed by atoms with Crippen molar-refractivity contribution in [3.8, 4) is 18.2 Å². The number of anilines is 2. The SMILES string of the molecule is CC1CCN(c2ccc(NC(C#N)=C(C#N)C#N)cc2)CC1. The van der Waals surface area contributed by atoms with E-state index in [1.807, 2.05) is 30.3 Å². The number of nitrogens with zero attached hydrogens (tertiary/aromatic N) is 4. The summed E-state index contributed by atoms with van der Waals surface area (Å²) in [7, 11) is 0. The van der Waals surface area contributed by atoms with E-state index < -0.39 is 0 Å². The number of rotatable bonds is 3. The van der Waals surface area contributed by atoms with Crippen LogP contribution in [0.2, 0.25) is 0 Å². The molecular weight excluding hydrogens is 274 g/mol. The molecular formula is C17H17N5. The molecule has 0 atom stereocenters. The summed E-state index contributed by atoms with van der Waals surface area (Å²) in [6, 6.07) is 13.0. The molecule has 0 radical (unpaired) electrons. The summed E-state index contributed by atoms with van der Waals surface area (Å²) in [6.07, 6.45) is 2.41. The summed E-state index contributed by atoms with van der Waals surface area (Å²) < 4.78 is 0. The lowest BCUT2D eigenvalue weighted by Gasteiger charge is -2.32. The molecule has 1 aliphatic rings. The van der Waals surface area contributed by atoms with Gasteiger partial charge in [0.15, 0.2) is 5.57 Å². The highest BCUT2D eigenvalue weighted by molar-refractivity contribution is 5.61. The summed E-state index contributed by atoms with van der Waals surface area (Å²) >= 11 is 0. The maximum Gasteiger partial charge on any atom is 0.163 e. The predicted molar refractivity (Wildman–Crippen MR) is 84.5 cm³/mol. The van der Waals surface area contributed by atoms with E-state index in [-0.39, 0.29) is 11.3 Å². The number of hydrogen-bond acceptors (Lipinski definition) is 5. The minimum absolute atomic E-state index is 0.0236. The second-order valence-electron chi connectivity index (χ2n) is 5.43. The van der Waals surface area contributed by atoms with Gasteiger partial charge >= 0.3 is 0 Å². The van der Waals surface area contributed by atoms with Crippen LogP contribution >= 0.6 is 0 Å². The first-order valence-corrected chi connectivity index (χ1v) is 7.24. The molecule has 0 saturated carbocycles. The Morgan fingerprint density at radius 2 is 1.64 bits per heavy atom. The Morgan fingerprint density at radius 1 is 1.05 bits per heavy atom. The van der Waals surface area contributed by atoms with Crippen LogP contribution in [0.1, 0.15) is 19.8 Å². The van der Waals surface area contributed by atoms with Gasteiger partial charge in [0.25, 0.3) is 0 Å². The third-order valence-corrected chi connectivity index (χ3v) is 3.87. The van der Waals surface area contributed by atoms with Gasteiger partial charge in [-0.05, 0) is 43.0 Å². The Balaban J connectivity index is 2.10. The van der Waals surface area contributed by atoms with Gasteiger partial charge in [0.1, 0.15) is 23.9 Å². The predicted octanol–water partition coefficient (Wildman–Crippen LogP) is 3.16. The quantitative estimate of drug-likeness (QED) is 0.864. The van der Waals surface area contributed by atoms with E-state index in [1.54, 1.807) is 12.1 Å². The lowest BCUT2D eigenvalue weighted by atomic mass is 9.99. The summed E-state index contributed by atoms with van der Waals surface area (Å²) in [5.74, 6) is 0.788. The van der Waals surface area contributed by atoms with Gasteiger partial charge in [-0.2, -0.15) is 15.8 Å². The molecule has 0 aromatic heterocycles. The smallest absolute Gasteiger partial charge is 0.163 e. The zero-order chi connectivity index (χ0) is 15.9. The summed E-state index contributed by atoms with van der Waals surface area (Å²) in [5, 5.41) is 29.5. The average Bonchev–Trinajstić information content (AvgIpc) is 2.56. The molecule has 5 heteroatoms. The normalized spacial score (nSPS) is 14.4. The number of benzene rings is 1. The van der Waals surface area contributed by atoms with Crippen LogP contribution < -0.4 is 10.2 Å². The lowest BCUT2D eigenvalue weighted by Crippen LogP contribution is -2.32. The minimum Gasteiger partial charge on any atom is -0.372 e. The first-order chi connectivity index (χ1) is 10.7. The fourth-order valence-electron chi connectivity index (χ4n) is 2.45. The van der Waals surface area contributed by atoms with E-state index in [2.05, 4.69) is 17.1 Å². The highest BCUT2D eigenvalue weighted by Crippen LogP contribution is 2.24. The van der Waals surface area contributed by atoms with Crippen LogP contribution in [0.3, 0.4) is 0 Å². The Kier molecular flexibility index (Phi) is 5.02. The van der Waals surface area contributed by atoms with Crippen molar-refractivity contribution in [2.45, 2.75) is 19.8 Å². The monoisotopic (exact) mass is 291 g/mol. The molecule has 0 unspecified atom stereocenters. The fraction of sp³-hybridized carbons (Fsp3) is 0.353. The van der Waals surface area contributed by atoms with Gasteiger partial charge in [0.05, 0.1) is 0 Å². The topological polar surface area (TPSA) is 86.6 Å². The second kappa shape index (κ2) is 7.16. The fourth-order valence-corrected chi connectivity index (χ4v) is 2.45. The van der Waals surface area contributed by atoms with Crippen molar-refractivity contribution in [1.82, 2.24) is 0 Å². The van der Waals surface area contributed by atoms with Gasteiger partial charge in [-0.1, -0.05) is 6.92 Å². The summed E-state index contributed by atoms with van der Waals surface area (Å²) in [4.78, 5) is 2.35. The molecule has 0 bridgehead atoms. The van der Waals surface area contributed by atoms with E-state index in [9.17, 15) is 0 Å². The van der Waals surface area contributed by atoms with Crippen LogP contribution in [0.4, 0.5) is 11.4 Å². The standard InChI is InChI=1S/C17H17N5/c1-13-6-8-22(9-7-13)16-4-2-15(3-5-16)21-17(12-20)14(10-18)11-19/h2-5,13,21H,6-9H2,1H3. The average molecular weight is 291 g/mol. The molecule has 1 fully saturated rings. The Hall–Kier alpha value is -2.97. The van der Waals surface area contributed by atoms with E-state index >= 15 is 0 Å². The number of nitrogens with one attached hydrogen (secondary N) is 1. The van der Waals surface area contributed by atoms with Gasteiger partial charge < -0.3 is 10.2 Å². The molecule has 0 spiro atoms. The van der Waals surface area contributed by atoms with E-state index in [0.717, 1.165) is 24.7 Å². The summed E-state index contributed by atoms with van der Waals surface area (Å²) in [5.41, 5.74) is 1.61. The van der Waals surface area contributed by atoms with Crippen molar-refractivity contribution in [2.24, 2.45) is 5.92 Å². The number of nitriles is 3. The van der Waals surface area contributed by atoms with Crippen LogP contribution in [-0.2, 0) is 0 Å². The van der Waals surface area contributed by atoms with Crippen LogP contribution in [0.5, 0.6) is 0 Å². The van der Waals surface area contributed by atoms with Gasteiger partial charge in [0.2, 0.25) is 0 Å². The highest BCUT2D eigenvalue weighted by atomic mass is 15.1. The molecule has 22 heavy (non-hydrogen) atoms. The maximum absolute atomic E-state index is 9.02. The first-order valence-electron chi connectivity index (χ1n) is 7.24. The van der Waals surface area contributed by atoms with Crippen LogP contribution in [-0.4, -0.2) is 13.1 Å². The molecule has 1 aliphatic heterocycles. The Morgan fingerprint density at radius 3 is 2.14 bits per heavy atom. The highest BCUT2D eigenvalue weighted by Gasteiger charge is 2.15. The number of piperidine rings is 1. The maximum atomic E-state index is 9.02. The minimum atomic E-state index is -0.211. The zero-order valence-electron chi connectivity index (χ0n) is 12.5. The van der Waals surface area contributed by atoms with Gasteiger partial charge in [0, 0.05) is 24.5 Å². The van der Waals surface area contributed by atoms with Crippen LogP contribution in [0.15, 0.2) is 35.5 Å². The zero-order valence-corrected chi connectivity index (χ0v) is 12.5. The van der Waals surface area contributed by atoms with Crippen molar-refractivity contribution in [2.75, 3.05) is 23.3 Å². The molecule has 0 aliphatic carbocycles. The van der Waals surface area contributed by atoms with Gasteiger partial charge in [-0.15, -0.1) is 0 Å². The molecule has 1 saturated heterocycles. The molecule has 0 amide bonds. The van der Waals surface area contributed by atoms with Crippen molar-refractivity contribution < 1.29 is 0 Å². The van der Waals surface area contributed by atoms with E-state index in [0.29, 0.717) is 5.69 Å². The molecule has 1 heterocycles. The Bertz CT molecular complexity index is 658. The molecule has 5 nitrogen and oxygen atoms in total. The van der Waals surface area contributed by atoms with Crippen molar-refractivity contribution in [3.05, 3.63) is 35.5 Å². The van der Waals surface area contributed by atoms with Crippen LogP contribution in [0.25, 0.3) is 0 Å². The van der Waals surface area contributed by atoms with Gasteiger partial charge in [-0.3, -0.25) is 0 Å². The van der Waals surface area contributed by atoms with Crippen molar-refractivity contribution in [3.63, 3.8) is 0 Å². The second-order valence-corrected chi connectivity index (χ2v) is 5.43. The molecule has 1 N–H and O–H groups in total. The largest absolute Gasteiger partial charge is 0.372 e. The van der Waals surface area contributed by atoms with Crippen molar-refractivity contribution in [1.29, 1.82) is 15.8 Å². The number of allylic oxidation sites excluding steroid dienone is 2. The van der Waals surface area contributed by atoms with Crippen LogP contribution in [0, 0.1) is 39.9 Å². The molecule has 1 aromatic carbocycles. The molecule has 110 valence electrons. The Labute approximate surface area is 130 Å². The van der Waals surface area contributed by atoms with Gasteiger partial charge in [-0.25, -0.2) is 0 Å². The lowest BCUT2D eigenvalue weighted by molar-refractivity contribution is 0.438. The third kappa shape index (κ3) is 3.57.